The van der Waals surface area contributed by atoms with Gasteiger partial charge < -0.3 is 10.5 Å². The van der Waals surface area contributed by atoms with E-state index < -0.39 is 0 Å². The van der Waals surface area contributed by atoms with Gasteiger partial charge in [0.05, 0.1) is 12.1 Å². The summed E-state index contributed by atoms with van der Waals surface area (Å²) in [5, 5.41) is 1.08. The van der Waals surface area contributed by atoms with Gasteiger partial charge in [0.2, 0.25) is 0 Å². The fourth-order valence-electron chi connectivity index (χ4n) is 2.87. The van der Waals surface area contributed by atoms with Gasteiger partial charge in [-0.15, -0.1) is 0 Å². The normalized spacial score (nSPS) is 14.7. The summed E-state index contributed by atoms with van der Waals surface area (Å²) in [5.41, 5.74) is 11.9. The molecule has 0 saturated heterocycles. The van der Waals surface area contributed by atoms with Gasteiger partial charge in [0.25, 0.3) is 0 Å². The van der Waals surface area contributed by atoms with Crippen LogP contribution in [0.2, 0.25) is 0 Å². The minimum atomic E-state index is 0.585. The number of hydrogen-bond acceptors (Lipinski definition) is 3. The molecule has 1 aromatic carbocycles. The summed E-state index contributed by atoms with van der Waals surface area (Å²) >= 11 is 0. The first-order valence-corrected chi connectivity index (χ1v) is 6.49. The number of fused-ring (bicyclic) bond motifs is 2. The molecule has 3 rings (SSSR count). The van der Waals surface area contributed by atoms with Crippen LogP contribution in [0.4, 0.5) is 5.69 Å². The van der Waals surface area contributed by atoms with Crippen LogP contribution in [0.15, 0.2) is 18.2 Å². The molecular weight excluding hydrogens is 224 g/mol. The molecule has 18 heavy (non-hydrogen) atoms. The van der Waals surface area contributed by atoms with Gasteiger partial charge in [-0.2, -0.15) is 0 Å². The van der Waals surface area contributed by atoms with Crippen molar-refractivity contribution in [3.63, 3.8) is 0 Å². The maximum atomic E-state index is 6.38. The van der Waals surface area contributed by atoms with E-state index in [9.17, 15) is 0 Å². The summed E-state index contributed by atoms with van der Waals surface area (Å²) in [6.45, 7) is 0.585. The van der Waals surface area contributed by atoms with Crippen LogP contribution >= 0.6 is 0 Å². The fraction of sp³-hybridized carbons (Fsp3) is 0.400. The number of benzene rings is 1. The molecule has 0 unspecified atom stereocenters. The highest BCUT2D eigenvalue weighted by Crippen LogP contribution is 2.33. The van der Waals surface area contributed by atoms with E-state index >= 15 is 0 Å². The quantitative estimate of drug-likeness (QED) is 0.881. The standard InChI is InChI=1S/C15H18N2O/c1-18-9-10-5-4-8-13-14(10)15(16)11-6-2-3-7-12(11)17-13/h4-5,8H,2-3,6-7,9H2,1H3,(H2,16,17). The van der Waals surface area contributed by atoms with Crippen LogP contribution in [0.3, 0.4) is 0 Å². The Kier molecular flexibility index (Phi) is 2.92. The van der Waals surface area contributed by atoms with Crippen LogP contribution in [-0.2, 0) is 24.2 Å². The lowest BCUT2D eigenvalue weighted by Crippen LogP contribution is -2.10. The second kappa shape index (κ2) is 4.58. The zero-order valence-electron chi connectivity index (χ0n) is 10.7. The third-order valence-corrected chi connectivity index (χ3v) is 3.72. The Morgan fingerprint density at radius 1 is 1.28 bits per heavy atom. The van der Waals surface area contributed by atoms with Gasteiger partial charge >= 0.3 is 0 Å². The Bertz CT molecular complexity index is 593. The Morgan fingerprint density at radius 2 is 2.11 bits per heavy atom. The molecule has 0 radical (unpaired) electrons. The van der Waals surface area contributed by atoms with Gasteiger partial charge in [-0.1, -0.05) is 12.1 Å². The molecule has 0 fully saturated rings. The lowest BCUT2D eigenvalue weighted by Gasteiger charge is -2.19. The van der Waals surface area contributed by atoms with Gasteiger partial charge in [0.1, 0.15) is 0 Å². The van der Waals surface area contributed by atoms with E-state index in [1.807, 2.05) is 12.1 Å². The van der Waals surface area contributed by atoms with Crippen molar-refractivity contribution in [3.05, 3.63) is 35.0 Å². The molecule has 1 heterocycles. The number of pyridine rings is 1. The van der Waals surface area contributed by atoms with Crippen LogP contribution in [0.5, 0.6) is 0 Å². The summed E-state index contributed by atoms with van der Waals surface area (Å²) in [6.07, 6.45) is 4.56. The first-order valence-electron chi connectivity index (χ1n) is 6.49. The predicted molar refractivity (Wildman–Crippen MR) is 73.5 cm³/mol. The molecule has 3 heteroatoms. The second-order valence-electron chi connectivity index (χ2n) is 4.90. The Hall–Kier alpha value is -1.61. The molecule has 0 spiro atoms. The minimum absolute atomic E-state index is 0.585. The van der Waals surface area contributed by atoms with Crippen molar-refractivity contribution in [1.82, 2.24) is 4.98 Å². The highest BCUT2D eigenvalue weighted by molar-refractivity contribution is 5.95. The molecule has 2 N–H and O–H groups in total. The summed E-state index contributed by atoms with van der Waals surface area (Å²) in [5.74, 6) is 0. The van der Waals surface area contributed by atoms with Crippen molar-refractivity contribution in [2.45, 2.75) is 32.3 Å². The zero-order chi connectivity index (χ0) is 12.5. The van der Waals surface area contributed by atoms with Crippen molar-refractivity contribution >= 4 is 16.6 Å². The van der Waals surface area contributed by atoms with E-state index in [0.717, 1.165) is 35.0 Å². The van der Waals surface area contributed by atoms with Gasteiger partial charge in [0, 0.05) is 23.9 Å². The monoisotopic (exact) mass is 242 g/mol. The number of nitrogen functional groups attached to an aromatic ring is 1. The van der Waals surface area contributed by atoms with Crippen LogP contribution in [-0.4, -0.2) is 12.1 Å². The smallest absolute Gasteiger partial charge is 0.0729 e. The average molecular weight is 242 g/mol. The largest absolute Gasteiger partial charge is 0.398 e. The van der Waals surface area contributed by atoms with Crippen molar-refractivity contribution in [3.8, 4) is 0 Å². The molecule has 0 bridgehead atoms. The third kappa shape index (κ3) is 1.75. The zero-order valence-corrected chi connectivity index (χ0v) is 10.7. The van der Waals surface area contributed by atoms with E-state index in [1.54, 1.807) is 7.11 Å². The van der Waals surface area contributed by atoms with E-state index in [4.69, 9.17) is 15.5 Å². The molecule has 0 amide bonds. The van der Waals surface area contributed by atoms with E-state index in [1.165, 1.54) is 24.1 Å². The number of hydrogen-bond donors (Lipinski definition) is 1. The fourth-order valence-corrected chi connectivity index (χ4v) is 2.87. The first-order chi connectivity index (χ1) is 8.81. The number of nitrogens with two attached hydrogens (primary N) is 1. The summed E-state index contributed by atoms with van der Waals surface area (Å²) in [6, 6.07) is 6.14. The van der Waals surface area contributed by atoms with Crippen LogP contribution in [0.25, 0.3) is 10.9 Å². The van der Waals surface area contributed by atoms with E-state index in [-0.39, 0.29) is 0 Å². The third-order valence-electron chi connectivity index (χ3n) is 3.72. The predicted octanol–water partition coefficient (Wildman–Crippen LogP) is 2.84. The minimum Gasteiger partial charge on any atom is -0.398 e. The lowest BCUT2D eigenvalue weighted by atomic mass is 9.92. The summed E-state index contributed by atoms with van der Waals surface area (Å²) in [7, 11) is 1.71. The van der Waals surface area contributed by atoms with Gasteiger partial charge in [-0.25, -0.2) is 0 Å². The Morgan fingerprint density at radius 3 is 2.94 bits per heavy atom. The molecule has 2 aromatic rings. The van der Waals surface area contributed by atoms with E-state index in [2.05, 4.69) is 6.07 Å². The van der Waals surface area contributed by atoms with Crippen molar-refractivity contribution in [2.24, 2.45) is 0 Å². The Labute approximate surface area is 107 Å². The molecule has 1 aliphatic carbocycles. The maximum absolute atomic E-state index is 6.38. The maximum Gasteiger partial charge on any atom is 0.0729 e. The van der Waals surface area contributed by atoms with Crippen molar-refractivity contribution < 1.29 is 4.74 Å². The highest BCUT2D eigenvalue weighted by Gasteiger charge is 2.17. The summed E-state index contributed by atoms with van der Waals surface area (Å²) < 4.78 is 5.25. The van der Waals surface area contributed by atoms with Crippen LogP contribution < -0.4 is 5.73 Å². The number of ether oxygens (including phenoxy) is 1. The highest BCUT2D eigenvalue weighted by atomic mass is 16.5. The molecule has 1 aromatic heterocycles. The molecule has 0 saturated carbocycles. The molecule has 0 aliphatic heterocycles. The number of anilines is 1. The van der Waals surface area contributed by atoms with Crippen molar-refractivity contribution in [2.75, 3.05) is 12.8 Å². The number of methoxy groups -OCH3 is 1. The number of rotatable bonds is 2. The first kappa shape index (κ1) is 11.5. The van der Waals surface area contributed by atoms with Crippen LogP contribution in [0.1, 0.15) is 29.7 Å². The van der Waals surface area contributed by atoms with Crippen LogP contribution in [0, 0.1) is 0 Å². The van der Waals surface area contributed by atoms with Gasteiger partial charge in [-0.3, -0.25) is 4.98 Å². The molecule has 94 valence electrons. The average Bonchev–Trinajstić information content (AvgIpc) is 2.39. The number of nitrogens with zero attached hydrogens (tertiary/aromatic N) is 1. The SMILES string of the molecule is COCc1cccc2nc3c(c(N)c12)CCCC3. The number of aryl methyl sites for hydroxylation is 1. The Balaban J connectivity index is 2.28. The van der Waals surface area contributed by atoms with Gasteiger partial charge in [0.15, 0.2) is 0 Å². The second-order valence-corrected chi connectivity index (χ2v) is 4.90. The topological polar surface area (TPSA) is 48.1 Å². The van der Waals surface area contributed by atoms with Gasteiger partial charge in [-0.05, 0) is 42.9 Å². The van der Waals surface area contributed by atoms with Crippen molar-refractivity contribution in [1.29, 1.82) is 0 Å². The molecule has 3 nitrogen and oxygen atoms in total. The number of aromatic nitrogens is 1. The lowest BCUT2D eigenvalue weighted by molar-refractivity contribution is 0.186. The summed E-state index contributed by atoms with van der Waals surface area (Å²) in [4.78, 5) is 4.78. The molecular formula is C15H18N2O. The van der Waals surface area contributed by atoms with E-state index in [0.29, 0.717) is 6.61 Å². The molecule has 1 aliphatic rings. The molecule has 0 atom stereocenters.